The average Bonchev–Trinajstić information content (AvgIpc) is 2.67. The Hall–Kier alpha value is -3.62. The summed E-state index contributed by atoms with van der Waals surface area (Å²) in [5.74, 6) is -0.413. The number of aryl methyl sites for hydroxylation is 2. The average molecular weight is 417 g/mol. The van der Waals surface area contributed by atoms with Gasteiger partial charge in [-0.1, -0.05) is 12.1 Å². The summed E-state index contributed by atoms with van der Waals surface area (Å²) in [6.07, 6.45) is -4.54. The van der Waals surface area contributed by atoms with Gasteiger partial charge in [-0.05, 0) is 49.7 Å². The maximum Gasteiger partial charge on any atom is 0.416 e. The van der Waals surface area contributed by atoms with Crippen LogP contribution in [0.4, 0.5) is 18.9 Å². The largest absolute Gasteiger partial charge is 0.495 e. The second-order valence-electron chi connectivity index (χ2n) is 6.62. The molecule has 3 rings (SSSR count). The van der Waals surface area contributed by atoms with Gasteiger partial charge in [0.05, 0.1) is 24.0 Å². The zero-order valence-electron chi connectivity index (χ0n) is 16.4. The third kappa shape index (κ3) is 4.35. The van der Waals surface area contributed by atoms with Crippen LogP contribution in [-0.2, 0) is 6.18 Å². The minimum atomic E-state index is -4.54. The number of aromatic nitrogens is 2. The van der Waals surface area contributed by atoms with Crippen LogP contribution in [0.2, 0.25) is 0 Å². The highest BCUT2D eigenvalue weighted by Crippen LogP contribution is 2.30. The van der Waals surface area contributed by atoms with Crippen LogP contribution in [0.5, 0.6) is 5.75 Å². The molecule has 0 aliphatic heterocycles. The molecule has 0 bridgehead atoms. The zero-order chi connectivity index (χ0) is 22.1. The lowest BCUT2D eigenvalue weighted by Crippen LogP contribution is -2.27. The van der Waals surface area contributed by atoms with Gasteiger partial charge in [-0.25, -0.2) is 4.68 Å². The highest BCUT2D eigenvalue weighted by molar-refractivity contribution is 6.03. The van der Waals surface area contributed by atoms with Crippen molar-refractivity contribution in [3.05, 3.63) is 81.3 Å². The minimum absolute atomic E-state index is 0.0736. The van der Waals surface area contributed by atoms with Crippen LogP contribution >= 0.6 is 0 Å². The van der Waals surface area contributed by atoms with Crippen molar-refractivity contribution in [1.82, 2.24) is 9.78 Å². The lowest BCUT2D eigenvalue weighted by atomic mass is 10.2. The quantitative estimate of drug-likeness (QED) is 0.693. The SMILES string of the molecule is COc1ccc(C)cc1NC(=O)c1nn(-c2cccc(C(F)(F)F)c2)c(C)cc1=O. The fraction of sp³-hybridized carbons (Fsp3) is 0.190. The van der Waals surface area contributed by atoms with Crippen molar-refractivity contribution < 1.29 is 22.7 Å². The van der Waals surface area contributed by atoms with Crippen molar-refractivity contribution in [3.8, 4) is 11.4 Å². The van der Waals surface area contributed by atoms with Gasteiger partial charge in [0.15, 0.2) is 5.69 Å². The third-order valence-corrected chi connectivity index (χ3v) is 4.34. The van der Waals surface area contributed by atoms with Gasteiger partial charge in [0.1, 0.15) is 5.75 Å². The highest BCUT2D eigenvalue weighted by atomic mass is 19.4. The summed E-state index contributed by atoms with van der Waals surface area (Å²) < 4.78 is 45.5. The number of nitrogens with one attached hydrogen (secondary N) is 1. The topological polar surface area (TPSA) is 73.2 Å². The van der Waals surface area contributed by atoms with Gasteiger partial charge >= 0.3 is 6.18 Å². The Balaban J connectivity index is 2.03. The first-order valence-electron chi connectivity index (χ1n) is 8.85. The lowest BCUT2D eigenvalue weighted by Gasteiger charge is -2.14. The van der Waals surface area contributed by atoms with Gasteiger partial charge in [-0.2, -0.15) is 18.3 Å². The first-order valence-corrected chi connectivity index (χ1v) is 8.85. The summed E-state index contributed by atoms with van der Waals surface area (Å²) in [6, 6.07) is 10.7. The molecule has 0 saturated heterocycles. The van der Waals surface area contributed by atoms with E-state index in [-0.39, 0.29) is 11.4 Å². The maximum absolute atomic E-state index is 13.0. The standard InChI is InChI=1S/C21H18F3N3O3/c1-12-7-8-18(30-3)16(9-12)25-20(29)19-17(28)10-13(2)27(26-19)15-6-4-5-14(11-15)21(22,23)24/h4-11H,1-3H3,(H,25,29). The number of alkyl halides is 3. The normalized spacial score (nSPS) is 11.3. The van der Waals surface area contributed by atoms with E-state index in [2.05, 4.69) is 10.4 Å². The Morgan fingerprint density at radius 2 is 1.83 bits per heavy atom. The molecule has 6 nitrogen and oxygen atoms in total. The van der Waals surface area contributed by atoms with E-state index in [0.29, 0.717) is 11.4 Å². The van der Waals surface area contributed by atoms with Crippen LogP contribution in [0.25, 0.3) is 5.69 Å². The molecule has 0 radical (unpaired) electrons. The number of methoxy groups -OCH3 is 1. The van der Waals surface area contributed by atoms with E-state index >= 15 is 0 Å². The van der Waals surface area contributed by atoms with Crippen molar-refractivity contribution in [3.63, 3.8) is 0 Å². The molecule has 0 aliphatic carbocycles. The van der Waals surface area contributed by atoms with E-state index in [1.165, 1.54) is 26.2 Å². The van der Waals surface area contributed by atoms with Gasteiger partial charge in [-0.15, -0.1) is 0 Å². The summed E-state index contributed by atoms with van der Waals surface area (Å²) in [5, 5.41) is 6.60. The predicted octanol–water partition coefficient (Wildman–Crippen LogP) is 4.13. The molecule has 0 aliphatic rings. The van der Waals surface area contributed by atoms with Crippen LogP contribution in [0, 0.1) is 13.8 Å². The number of halogens is 3. The second kappa shape index (κ2) is 8.02. The number of anilines is 1. The number of hydrogen-bond donors (Lipinski definition) is 1. The number of carbonyl (C=O) groups excluding carboxylic acids is 1. The molecular formula is C21H18F3N3O3. The smallest absolute Gasteiger partial charge is 0.416 e. The van der Waals surface area contributed by atoms with Crippen LogP contribution in [0.3, 0.4) is 0 Å². The van der Waals surface area contributed by atoms with Gasteiger partial charge in [0.25, 0.3) is 5.91 Å². The summed E-state index contributed by atoms with van der Waals surface area (Å²) in [5.41, 5.74) is -0.426. The number of nitrogens with zero attached hydrogens (tertiary/aromatic N) is 2. The number of rotatable bonds is 4. The van der Waals surface area contributed by atoms with Crippen LogP contribution in [0.1, 0.15) is 27.3 Å². The number of carbonyl (C=O) groups is 1. The first kappa shape index (κ1) is 21.1. The fourth-order valence-corrected chi connectivity index (χ4v) is 2.88. The molecule has 0 saturated carbocycles. The van der Waals surface area contributed by atoms with Gasteiger partial charge in [0.2, 0.25) is 5.43 Å². The Kier molecular flexibility index (Phi) is 5.64. The molecule has 2 aromatic carbocycles. The molecule has 0 spiro atoms. The van der Waals surface area contributed by atoms with E-state index in [1.54, 1.807) is 18.2 Å². The molecule has 1 amide bonds. The van der Waals surface area contributed by atoms with E-state index < -0.39 is 28.8 Å². The van der Waals surface area contributed by atoms with Crippen molar-refractivity contribution in [2.45, 2.75) is 20.0 Å². The van der Waals surface area contributed by atoms with Crippen LogP contribution in [-0.4, -0.2) is 22.8 Å². The lowest BCUT2D eigenvalue weighted by molar-refractivity contribution is -0.137. The number of ether oxygens (including phenoxy) is 1. The molecule has 0 atom stereocenters. The van der Waals surface area contributed by atoms with Crippen molar-refractivity contribution >= 4 is 11.6 Å². The molecule has 3 aromatic rings. The zero-order valence-corrected chi connectivity index (χ0v) is 16.4. The minimum Gasteiger partial charge on any atom is -0.495 e. The fourth-order valence-electron chi connectivity index (χ4n) is 2.88. The third-order valence-electron chi connectivity index (χ3n) is 4.34. The molecular weight excluding hydrogens is 399 g/mol. The number of hydrogen-bond acceptors (Lipinski definition) is 4. The first-order chi connectivity index (χ1) is 14.1. The second-order valence-corrected chi connectivity index (χ2v) is 6.62. The summed E-state index contributed by atoms with van der Waals surface area (Å²) in [4.78, 5) is 25.1. The number of amides is 1. The van der Waals surface area contributed by atoms with Gasteiger partial charge < -0.3 is 10.1 Å². The molecule has 1 N–H and O–H groups in total. The van der Waals surface area contributed by atoms with Crippen molar-refractivity contribution in [1.29, 1.82) is 0 Å². The molecule has 0 fully saturated rings. The molecule has 9 heteroatoms. The summed E-state index contributed by atoms with van der Waals surface area (Å²) in [7, 11) is 1.44. The Labute approximate surface area is 169 Å². The molecule has 30 heavy (non-hydrogen) atoms. The predicted molar refractivity (Wildman–Crippen MR) is 105 cm³/mol. The maximum atomic E-state index is 13.0. The summed E-state index contributed by atoms with van der Waals surface area (Å²) in [6.45, 7) is 3.33. The van der Waals surface area contributed by atoms with Gasteiger partial charge in [-0.3, -0.25) is 9.59 Å². The monoisotopic (exact) mass is 417 g/mol. The van der Waals surface area contributed by atoms with E-state index in [4.69, 9.17) is 4.74 Å². The van der Waals surface area contributed by atoms with E-state index in [1.807, 2.05) is 6.92 Å². The van der Waals surface area contributed by atoms with E-state index in [9.17, 15) is 22.8 Å². The van der Waals surface area contributed by atoms with Crippen molar-refractivity contribution in [2.75, 3.05) is 12.4 Å². The number of benzene rings is 2. The highest BCUT2D eigenvalue weighted by Gasteiger charge is 2.30. The Morgan fingerprint density at radius 3 is 2.50 bits per heavy atom. The van der Waals surface area contributed by atoms with Crippen LogP contribution < -0.4 is 15.5 Å². The Bertz CT molecular complexity index is 1170. The molecule has 156 valence electrons. The summed E-state index contributed by atoms with van der Waals surface area (Å²) >= 11 is 0. The van der Waals surface area contributed by atoms with Crippen LogP contribution in [0.15, 0.2) is 53.3 Å². The van der Waals surface area contributed by atoms with Gasteiger partial charge in [0, 0.05) is 11.8 Å². The Morgan fingerprint density at radius 1 is 1.10 bits per heavy atom. The molecule has 1 aromatic heterocycles. The van der Waals surface area contributed by atoms with Crippen molar-refractivity contribution in [2.24, 2.45) is 0 Å². The molecule has 0 unspecified atom stereocenters. The van der Waals surface area contributed by atoms with E-state index in [0.717, 1.165) is 28.4 Å². The molecule has 1 heterocycles.